The molecule has 0 radical (unpaired) electrons. The van der Waals surface area contributed by atoms with Crippen LogP contribution >= 0.6 is 0 Å². The van der Waals surface area contributed by atoms with E-state index in [0.717, 1.165) is 17.8 Å². The lowest BCUT2D eigenvalue weighted by Crippen LogP contribution is -2.08. The number of nitrogens with zero attached hydrogens (tertiary/aromatic N) is 2. The Labute approximate surface area is 125 Å². The Morgan fingerprint density at radius 3 is 2.71 bits per heavy atom. The summed E-state index contributed by atoms with van der Waals surface area (Å²) in [5.41, 5.74) is 3.56. The first-order chi connectivity index (χ1) is 10.2. The van der Waals surface area contributed by atoms with Gasteiger partial charge in [0.25, 0.3) is 0 Å². The second-order valence-electron chi connectivity index (χ2n) is 5.45. The normalized spacial score (nSPS) is 12.5. The maximum absolute atomic E-state index is 4.49. The van der Waals surface area contributed by atoms with Crippen LogP contribution in [0.4, 0.5) is 5.69 Å². The van der Waals surface area contributed by atoms with Crippen molar-refractivity contribution in [2.75, 3.05) is 5.32 Å². The van der Waals surface area contributed by atoms with Crippen molar-refractivity contribution >= 4 is 16.5 Å². The summed E-state index contributed by atoms with van der Waals surface area (Å²) in [4.78, 5) is 0. The Bertz CT molecular complexity index is 753. The van der Waals surface area contributed by atoms with Crippen LogP contribution in [-0.4, -0.2) is 9.78 Å². The second-order valence-corrected chi connectivity index (χ2v) is 5.45. The standard InChI is InChI=1S/C18H21N3/c1-4-17-18(12-21(3)20-17)19-13(2)15-11-7-9-14-8-5-6-10-16(14)15/h5-13,19H,4H2,1-3H3. The molecule has 3 rings (SSSR count). The lowest BCUT2D eigenvalue weighted by atomic mass is 9.99. The molecule has 1 unspecified atom stereocenters. The summed E-state index contributed by atoms with van der Waals surface area (Å²) in [7, 11) is 1.97. The van der Waals surface area contributed by atoms with Crippen molar-refractivity contribution in [3.63, 3.8) is 0 Å². The molecule has 0 spiro atoms. The molecular weight excluding hydrogens is 258 g/mol. The number of hydrogen-bond donors (Lipinski definition) is 1. The van der Waals surface area contributed by atoms with Gasteiger partial charge in [-0.2, -0.15) is 5.10 Å². The van der Waals surface area contributed by atoms with Crippen LogP contribution in [-0.2, 0) is 13.5 Å². The van der Waals surface area contributed by atoms with Gasteiger partial charge in [0, 0.05) is 19.3 Å². The van der Waals surface area contributed by atoms with Crippen molar-refractivity contribution in [2.45, 2.75) is 26.3 Å². The molecule has 108 valence electrons. The SMILES string of the molecule is CCc1nn(C)cc1NC(C)c1cccc2ccccc12. The lowest BCUT2D eigenvalue weighted by molar-refractivity contribution is 0.746. The van der Waals surface area contributed by atoms with Crippen molar-refractivity contribution in [1.82, 2.24) is 9.78 Å². The topological polar surface area (TPSA) is 29.9 Å². The van der Waals surface area contributed by atoms with Crippen LogP contribution in [0.3, 0.4) is 0 Å². The number of benzene rings is 2. The zero-order chi connectivity index (χ0) is 14.8. The van der Waals surface area contributed by atoms with Crippen LogP contribution in [0.5, 0.6) is 0 Å². The number of fused-ring (bicyclic) bond motifs is 1. The predicted octanol–water partition coefficient (Wildman–Crippen LogP) is 4.31. The largest absolute Gasteiger partial charge is 0.376 e. The van der Waals surface area contributed by atoms with Crippen LogP contribution in [0.1, 0.15) is 31.1 Å². The quantitative estimate of drug-likeness (QED) is 0.771. The molecule has 3 nitrogen and oxygen atoms in total. The lowest BCUT2D eigenvalue weighted by Gasteiger charge is -2.17. The molecule has 1 heterocycles. The number of nitrogens with one attached hydrogen (secondary N) is 1. The minimum absolute atomic E-state index is 0.241. The van der Waals surface area contributed by atoms with Gasteiger partial charge in [-0.15, -0.1) is 0 Å². The zero-order valence-electron chi connectivity index (χ0n) is 12.8. The molecule has 2 aromatic carbocycles. The van der Waals surface area contributed by atoms with Crippen molar-refractivity contribution in [1.29, 1.82) is 0 Å². The van der Waals surface area contributed by atoms with Gasteiger partial charge in [-0.3, -0.25) is 4.68 Å². The third kappa shape index (κ3) is 2.64. The summed E-state index contributed by atoms with van der Waals surface area (Å²) in [5, 5.41) is 10.7. The van der Waals surface area contributed by atoms with Gasteiger partial charge in [0.05, 0.1) is 11.4 Å². The zero-order valence-corrected chi connectivity index (χ0v) is 12.8. The Hall–Kier alpha value is -2.29. The van der Waals surface area contributed by atoms with Crippen molar-refractivity contribution in [3.8, 4) is 0 Å². The van der Waals surface area contributed by atoms with Gasteiger partial charge in [0.1, 0.15) is 0 Å². The molecule has 0 bridgehead atoms. The fourth-order valence-electron chi connectivity index (χ4n) is 2.86. The Morgan fingerprint density at radius 2 is 1.90 bits per heavy atom. The predicted molar refractivity (Wildman–Crippen MR) is 88.6 cm³/mol. The summed E-state index contributed by atoms with van der Waals surface area (Å²) >= 11 is 0. The van der Waals surface area contributed by atoms with Gasteiger partial charge in [0.15, 0.2) is 0 Å². The van der Waals surface area contributed by atoms with Gasteiger partial charge in [-0.05, 0) is 29.7 Å². The summed E-state index contributed by atoms with van der Waals surface area (Å²) in [6, 6.07) is 15.3. The number of aromatic nitrogens is 2. The van der Waals surface area contributed by atoms with Gasteiger partial charge in [-0.1, -0.05) is 49.4 Å². The van der Waals surface area contributed by atoms with E-state index in [2.05, 4.69) is 72.9 Å². The fourth-order valence-corrected chi connectivity index (χ4v) is 2.86. The van der Waals surface area contributed by atoms with E-state index in [9.17, 15) is 0 Å². The highest BCUT2D eigenvalue weighted by Gasteiger charge is 2.12. The second kappa shape index (κ2) is 5.60. The first kappa shape index (κ1) is 13.7. The molecule has 0 amide bonds. The Kier molecular flexibility index (Phi) is 3.65. The molecule has 0 saturated heterocycles. The van der Waals surface area contributed by atoms with Crippen LogP contribution in [0, 0.1) is 0 Å². The smallest absolute Gasteiger partial charge is 0.0853 e. The molecule has 0 saturated carbocycles. The third-order valence-electron chi connectivity index (χ3n) is 3.90. The molecule has 1 aromatic heterocycles. The molecular formula is C18H21N3. The van der Waals surface area contributed by atoms with E-state index in [1.807, 2.05) is 11.7 Å². The first-order valence-corrected chi connectivity index (χ1v) is 7.45. The molecule has 1 N–H and O–H groups in total. The van der Waals surface area contributed by atoms with Gasteiger partial charge in [0.2, 0.25) is 0 Å². The number of anilines is 1. The highest BCUT2D eigenvalue weighted by molar-refractivity contribution is 5.86. The third-order valence-corrected chi connectivity index (χ3v) is 3.90. The number of hydrogen-bond acceptors (Lipinski definition) is 2. The first-order valence-electron chi connectivity index (χ1n) is 7.45. The number of rotatable bonds is 4. The monoisotopic (exact) mass is 279 g/mol. The molecule has 0 aliphatic rings. The minimum Gasteiger partial charge on any atom is -0.376 e. The van der Waals surface area contributed by atoms with E-state index in [1.54, 1.807) is 0 Å². The van der Waals surface area contributed by atoms with E-state index in [-0.39, 0.29) is 6.04 Å². The van der Waals surface area contributed by atoms with Crippen molar-refractivity contribution in [2.24, 2.45) is 7.05 Å². The summed E-state index contributed by atoms with van der Waals surface area (Å²) in [5.74, 6) is 0. The van der Waals surface area contributed by atoms with Gasteiger partial charge in [-0.25, -0.2) is 0 Å². The number of aryl methyl sites for hydroxylation is 2. The summed E-state index contributed by atoms with van der Waals surface area (Å²) in [6.07, 6.45) is 2.99. The van der Waals surface area contributed by atoms with Gasteiger partial charge < -0.3 is 5.32 Å². The molecule has 0 aliphatic carbocycles. The highest BCUT2D eigenvalue weighted by Crippen LogP contribution is 2.27. The van der Waals surface area contributed by atoms with Crippen LogP contribution in [0.25, 0.3) is 10.8 Å². The van der Waals surface area contributed by atoms with E-state index in [0.29, 0.717) is 0 Å². The molecule has 0 fully saturated rings. The van der Waals surface area contributed by atoms with Crippen LogP contribution in [0.2, 0.25) is 0 Å². The molecule has 21 heavy (non-hydrogen) atoms. The average molecular weight is 279 g/mol. The van der Waals surface area contributed by atoms with Crippen LogP contribution in [0.15, 0.2) is 48.7 Å². The maximum Gasteiger partial charge on any atom is 0.0853 e. The Morgan fingerprint density at radius 1 is 1.14 bits per heavy atom. The summed E-state index contributed by atoms with van der Waals surface area (Å²) < 4.78 is 1.87. The van der Waals surface area contributed by atoms with E-state index >= 15 is 0 Å². The van der Waals surface area contributed by atoms with E-state index in [1.165, 1.54) is 16.3 Å². The van der Waals surface area contributed by atoms with Gasteiger partial charge >= 0.3 is 0 Å². The minimum atomic E-state index is 0.241. The van der Waals surface area contributed by atoms with Crippen molar-refractivity contribution < 1.29 is 0 Å². The van der Waals surface area contributed by atoms with Crippen LogP contribution < -0.4 is 5.32 Å². The van der Waals surface area contributed by atoms with E-state index < -0.39 is 0 Å². The fraction of sp³-hybridized carbons (Fsp3) is 0.278. The average Bonchev–Trinajstić information content (AvgIpc) is 2.86. The molecule has 0 aliphatic heterocycles. The molecule has 1 atom stereocenters. The maximum atomic E-state index is 4.49. The molecule has 3 heteroatoms. The Balaban J connectivity index is 1.95. The van der Waals surface area contributed by atoms with Crippen molar-refractivity contribution in [3.05, 3.63) is 59.9 Å². The molecule has 3 aromatic rings. The summed E-state index contributed by atoms with van der Waals surface area (Å²) in [6.45, 7) is 4.34. The highest BCUT2D eigenvalue weighted by atomic mass is 15.3. The van der Waals surface area contributed by atoms with E-state index in [4.69, 9.17) is 0 Å².